The molecule has 8 nitrogen and oxygen atoms in total. The van der Waals surface area contributed by atoms with Crippen LogP contribution in [0.3, 0.4) is 0 Å². The van der Waals surface area contributed by atoms with Crippen molar-refractivity contribution in [2.45, 2.75) is 4.90 Å². The first kappa shape index (κ1) is 14.8. The van der Waals surface area contributed by atoms with Crippen LogP contribution in [0.25, 0.3) is 0 Å². The van der Waals surface area contributed by atoms with Crippen LogP contribution in [0.2, 0.25) is 0 Å². The molecule has 110 valence electrons. The van der Waals surface area contributed by atoms with Crippen molar-refractivity contribution in [2.24, 2.45) is 5.14 Å². The number of nitro groups is 1. The molecule has 0 aliphatic carbocycles. The molecule has 21 heavy (non-hydrogen) atoms. The predicted octanol–water partition coefficient (Wildman–Crippen LogP) is 1.57. The van der Waals surface area contributed by atoms with E-state index in [-0.39, 0.29) is 10.6 Å². The first-order valence-corrected chi connectivity index (χ1v) is 7.26. The van der Waals surface area contributed by atoms with E-state index in [0.29, 0.717) is 11.4 Å². The highest BCUT2D eigenvalue weighted by molar-refractivity contribution is 7.89. The van der Waals surface area contributed by atoms with Gasteiger partial charge in [0.05, 0.1) is 9.82 Å². The van der Waals surface area contributed by atoms with Gasteiger partial charge in [0.2, 0.25) is 10.0 Å². The third-order valence-corrected chi connectivity index (χ3v) is 3.60. The summed E-state index contributed by atoms with van der Waals surface area (Å²) in [6.45, 7) is 0. The van der Waals surface area contributed by atoms with Crippen LogP contribution in [0.15, 0.2) is 47.4 Å². The molecule has 5 N–H and O–H groups in total. The molecule has 0 saturated carbocycles. The summed E-state index contributed by atoms with van der Waals surface area (Å²) in [4.78, 5) is 10.0. The number of hydrogen-bond donors (Lipinski definition) is 3. The van der Waals surface area contributed by atoms with E-state index in [1.54, 1.807) is 24.3 Å². The van der Waals surface area contributed by atoms with Gasteiger partial charge in [0.25, 0.3) is 5.69 Å². The van der Waals surface area contributed by atoms with Crippen LogP contribution in [0, 0.1) is 10.1 Å². The standard InChI is InChI=1S/C12H12N4O4S/c13-8-1-3-9(4-2-8)15-11-6-5-10(21(14,19)20)7-12(11)16(17)18/h1-7,15H,13H2,(H2,14,19,20). The number of primary sulfonamides is 1. The van der Waals surface area contributed by atoms with Crippen molar-refractivity contribution in [3.05, 3.63) is 52.6 Å². The van der Waals surface area contributed by atoms with Gasteiger partial charge in [-0.15, -0.1) is 0 Å². The van der Waals surface area contributed by atoms with Crippen molar-refractivity contribution >= 4 is 32.8 Å². The van der Waals surface area contributed by atoms with Crippen LogP contribution in [-0.4, -0.2) is 13.3 Å². The van der Waals surface area contributed by atoms with E-state index in [1.165, 1.54) is 12.1 Å². The molecule has 0 radical (unpaired) electrons. The molecule has 0 heterocycles. The van der Waals surface area contributed by atoms with Gasteiger partial charge in [-0.1, -0.05) is 0 Å². The number of nitrogens with two attached hydrogens (primary N) is 2. The lowest BCUT2D eigenvalue weighted by Crippen LogP contribution is -2.12. The average molecular weight is 308 g/mol. The van der Waals surface area contributed by atoms with Crippen LogP contribution in [0.4, 0.5) is 22.7 Å². The van der Waals surface area contributed by atoms with Crippen LogP contribution in [0.1, 0.15) is 0 Å². The van der Waals surface area contributed by atoms with Crippen molar-refractivity contribution in [3.8, 4) is 0 Å². The Hall–Kier alpha value is -2.65. The Bertz CT molecular complexity index is 787. The van der Waals surface area contributed by atoms with E-state index in [0.717, 1.165) is 6.07 Å². The highest BCUT2D eigenvalue weighted by Crippen LogP contribution is 2.30. The number of benzene rings is 2. The van der Waals surface area contributed by atoms with Gasteiger partial charge in [0, 0.05) is 17.4 Å². The highest BCUT2D eigenvalue weighted by Gasteiger charge is 2.19. The van der Waals surface area contributed by atoms with E-state index >= 15 is 0 Å². The van der Waals surface area contributed by atoms with Crippen molar-refractivity contribution in [2.75, 3.05) is 11.1 Å². The molecule has 9 heteroatoms. The molecule has 0 fully saturated rings. The Balaban J connectivity index is 2.44. The first-order valence-electron chi connectivity index (χ1n) is 5.71. The second-order valence-corrected chi connectivity index (χ2v) is 5.79. The normalized spacial score (nSPS) is 11.1. The van der Waals surface area contributed by atoms with Crippen LogP contribution < -0.4 is 16.2 Å². The summed E-state index contributed by atoms with van der Waals surface area (Å²) in [5.41, 5.74) is 6.44. The fourth-order valence-electron chi connectivity index (χ4n) is 1.67. The zero-order chi connectivity index (χ0) is 15.6. The van der Waals surface area contributed by atoms with Crippen LogP contribution in [-0.2, 0) is 10.0 Å². The van der Waals surface area contributed by atoms with E-state index in [4.69, 9.17) is 10.9 Å². The van der Waals surface area contributed by atoms with E-state index in [1.807, 2.05) is 0 Å². The van der Waals surface area contributed by atoms with Crippen LogP contribution in [0.5, 0.6) is 0 Å². The predicted molar refractivity (Wildman–Crippen MR) is 78.6 cm³/mol. The Labute approximate surface area is 120 Å². The van der Waals surface area contributed by atoms with Crippen molar-refractivity contribution < 1.29 is 13.3 Å². The van der Waals surface area contributed by atoms with Gasteiger partial charge in [0.1, 0.15) is 5.69 Å². The lowest BCUT2D eigenvalue weighted by atomic mass is 10.2. The molecule has 0 unspecified atom stereocenters. The van der Waals surface area contributed by atoms with E-state index < -0.39 is 20.6 Å². The number of rotatable bonds is 4. The van der Waals surface area contributed by atoms with Crippen molar-refractivity contribution in [3.63, 3.8) is 0 Å². The number of sulfonamides is 1. The summed E-state index contributed by atoms with van der Waals surface area (Å²) in [6.07, 6.45) is 0. The molecule has 0 aliphatic rings. The number of nitrogen functional groups attached to an aromatic ring is 1. The molecule has 2 aromatic rings. The summed E-state index contributed by atoms with van der Waals surface area (Å²) in [6, 6.07) is 9.95. The molecule has 2 rings (SSSR count). The summed E-state index contributed by atoms with van der Waals surface area (Å²) >= 11 is 0. The summed E-state index contributed by atoms with van der Waals surface area (Å²) < 4.78 is 22.5. The maximum Gasteiger partial charge on any atom is 0.294 e. The molecular weight excluding hydrogens is 296 g/mol. The minimum absolute atomic E-state index is 0.150. The molecule has 0 saturated heterocycles. The largest absolute Gasteiger partial charge is 0.399 e. The SMILES string of the molecule is Nc1ccc(Nc2ccc(S(N)(=O)=O)cc2[N+](=O)[O-])cc1. The molecule has 0 amide bonds. The van der Waals surface area contributed by atoms with Gasteiger partial charge in [0.15, 0.2) is 0 Å². The molecule has 0 spiro atoms. The van der Waals surface area contributed by atoms with Gasteiger partial charge in [-0.2, -0.15) is 0 Å². The summed E-state index contributed by atoms with van der Waals surface area (Å²) in [5.74, 6) is 0. The molecule has 0 atom stereocenters. The second-order valence-electron chi connectivity index (χ2n) is 4.23. The number of anilines is 3. The molecule has 0 bridgehead atoms. The molecule has 0 aliphatic heterocycles. The maximum absolute atomic E-state index is 11.2. The fourth-order valence-corrected chi connectivity index (χ4v) is 2.20. The van der Waals surface area contributed by atoms with Crippen molar-refractivity contribution in [1.82, 2.24) is 0 Å². The Morgan fingerprint density at radius 1 is 1.10 bits per heavy atom. The fraction of sp³-hybridized carbons (Fsp3) is 0. The first-order chi connectivity index (χ1) is 9.77. The Morgan fingerprint density at radius 3 is 2.24 bits per heavy atom. The third kappa shape index (κ3) is 3.46. The molecule has 2 aromatic carbocycles. The number of nitro benzene ring substituents is 1. The second kappa shape index (κ2) is 5.38. The van der Waals surface area contributed by atoms with Gasteiger partial charge < -0.3 is 11.1 Å². The van der Waals surface area contributed by atoms with Gasteiger partial charge in [-0.05, 0) is 36.4 Å². The van der Waals surface area contributed by atoms with Gasteiger partial charge in [-0.25, -0.2) is 13.6 Å². The average Bonchev–Trinajstić information content (AvgIpc) is 2.40. The lowest BCUT2D eigenvalue weighted by molar-refractivity contribution is -0.384. The summed E-state index contributed by atoms with van der Waals surface area (Å²) in [7, 11) is -4.00. The lowest BCUT2D eigenvalue weighted by Gasteiger charge is -2.08. The van der Waals surface area contributed by atoms with E-state index in [2.05, 4.69) is 5.32 Å². The number of nitrogens with zero attached hydrogens (tertiary/aromatic N) is 1. The third-order valence-electron chi connectivity index (χ3n) is 2.68. The zero-order valence-electron chi connectivity index (χ0n) is 10.7. The Morgan fingerprint density at radius 2 is 1.71 bits per heavy atom. The van der Waals surface area contributed by atoms with Gasteiger partial charge in [-0.3, -0.25) is 10.1 Å². The van der Waals surface area contributed by atoms with Crippen molar-refractivity contribution in [1.29, 1.82) is 0 Å². The zero-order valence-corrected chi connectivity index (χ0v) is 11.5. The highest BCUT2D eigenvalue weighted by atomic mass is 32.2. The van der Waals surface area contributed by atoms with Gasteiger partial charge >= 0.3 is 0 Å². The smallest absolute Gasteiger partial charge is 0.294 e. The molecule has 0 aromatic heterocycles. The monoisotopic (exact) mass is 308 g/mol. The quantitative estimate of drug-likeness (QED) is 0.444. The minimum atomic E-state index is -4.00. The number of hydrogen-bond acceptors (Lipinski definition) is 6. The Kier molecular flexibility index (Phi) is 3.78. The number of nitrogens with one attached hydrogen (secondary N) is 1. The topological polar surface area (TPSA) is 141 Å². The minimum Gasteiger partial charge on any atom is -0.399 e. The maximum atomic E-state index is 11.2. The van der Waals surface area contributed by atoms with E-state index in [9.17, 15) is 18.5 Å². The molecular formula is C12H12N4O4S. The van der Waals surface area contributed by atoms with Crippen LogP contribution >= 0.6 is 0 Å². The summed E-state index contributed by atoms with van der Waals surface area (Å²) in [5, 5.41) is 18.8.